The van der Waals surface area contributed by atoms with E-state index < -0.39 is 0 Å². The summed E-state index contributed by atoms with van der Waals surface area (Å²) < 4.78 is 0. The van der Waals surface area contributed by atoms with Gasteiger partial charge in [-0.2, -0.15) is 0 Å². The molecule has 0 spiro atoms. The minimum Gasteiger partial charge on any atom is -0.359 e. The van der Waals surface area contributed by atoms with Crippen LogP contribution >= 0.6 is 12.2 Å². The van der Waals surface area contributed by atoms with Crippen LogP contribution < -0.4 is 10.6 Å². The zero-order chi connectivity index (χ0) is 13.8. The zero-order valence-corrected chi connectivity index (χ0v) is 12.9. The van der Waals surface area contributed by atoms with Gasteiger partial charge in [-0.05, 0) is 56.5 Å². The van der Waals surface area contributed by atoms with Crippen LogP contribution in [0.2, 0.25) is 0 Å². The second kappa shape index (κ2) is 6.38. The van der Waals surface area contributed by atoms with Crippen molar-refractivity contribution in [2.24, 2.45) is 5.92 Å². The Morgan fingerprint density at radius 3 is 2.63 bits per heavy atom. The van der Waals surface area contributed by atoms with Crippen molar-refractivity contribution < 1.29 is 0 Å². The van der Waals surface area contributed by atoms with Crippen LogP contribution in [0, 0.1) is 19.8 Å². The van der Waals surface area contributed by atoms with E-state index in [-0.39, 0.29) is 0 Å². The number of hydrogen-bond donors (Lipinski definition) is 2. The summed E-state index contributed by atoms with van der Waals surface area (Å²) >= 11 is 5.44. The molecular weight excluding hydrogens is 252 g/mol. The van der Waals surface area contributed by atoms with Gasteiger partial charge >= 0.3 is 0 Å². The van der Waals surface area contributed by atoms with Crippen molar-refractivity contribution in [2.75, 3.05) is 5.32 Å². The first-order valence-corrected chi connectivity index (χ1v) is 7.62. The van der Waals surface area contributed by atoms with Gasteiger partial charge in [0.2, 0.25) is 0 Å². The fourth-order valence-corrected chi connectivity index (χ4v) is 3.07. The number of thiocarbonyl (C=S) groups is 1. The third kappa shape index (κ3) is 3.93. The predicted molar refractivity (Wildman–Crippen MR) is 86.7 cm³/mol. The maximum absolute atomic E-state index is 5.44. The normalized spacial score (nSPS) is 22.9. The number of aryl methyl sites for hydroxylation is 2. The summed E-state index contributed by atoms with van der Waals surface area (Å²) in [5.74, 6) is 0.715. The first kappa shape index (κ1) is 14.3. The second-order valence-electron chi connectivity index (χ2n) is 5.79. The summed E-state index contributed by atoms with van der Waals surface area (Å²) in [6.07, 6.45) is 5.21. The lowest BCUT2D eigenvalue weighted by atomic mass is 9.86. The first-order valence-electron chi connectivity index (χ1n) is 7.21. The molecule has 1 aromatic rings. The standard InChI is InChI=1S/C16H24N2S/c1-11-8-9-15(13(3)10-11)18-16(19)17-14-7-5-4-6-12(14)2/h8-10,12,14H,4-7H2,1-3H3,(H2,17,18,19). The topological polar surface area (TPSA) is 24.1 Å². The third-order valence-electron chi connectivity index (χ3n) is 4.06. The molecule has 1 aromatic carbocycles. The molecule has 0 saturated heterocycles. The maximum atomic E-state index is 5.44. The fraction of sp³-hybridized carbons (Fsp3) is 0.562. The molecule has 1 saturated carbocycles. The van der Waals surface area contributed by atoms with E-state index in [0.717, 1.165) is 10.8 Å². The molecule has 2 N–H and O–H groups in total. The predicted octanol–water partition coefficient (Wildman–Crippen LogP) is 4.17. The minimum absolute atomic E-state index is 0.527. The molecule has 1 aliphatic rings. The number of hydrogen-bond acceptors (Lipinski definition) is 1. The molecule has 1 aliphatic carbocycles. The summed E-state index contributed by atoms with van der Waals surface area (Å²) in [7, 11) is 0. The van der Waals surface area contributed by atoms with Crippen molar-refractivity contribution in [3.8, 4) is 0 Å². The van der Waals surface area contributed by atoms with E-state index in [2.05, 4.69) is 49.6 Å². The van der Waals surface area contributed by atoms with Crippen LogP contribution in [-0.4, -0.2) is 11.2 Å². The van der Waals surface area contributed by atoms with Gasteiger partial charge in [0.25, 0.3) is 0 Å². The first-order chi connectivity index (χ1) is 9.06. The Labute approximate surface area is 122 Å². The molecule has 0 heterocycles. The largest absolute Gasteiger partial charge is 0.359 e. The van der Waals surface area contributed by atoms with Crippen molar-refractivity contribution in [1.82, 2.24) is 5.32 Å². The number of anilines is 1. The van der Waals surface area contributed by atoms with Crippen LogP contribution in [0.4, 0.5) is 5.69 Å². The zero-order valence-electron chi connectivity index (χ0n) is 12.1. The number of nitrogens with one attached hydrogen (secondary N) is 2. The van der Waals surface area contributed by atoms with Gasteiger partial charge in [0.15, 0.2) is 5.11 Å². The van der Waals surface area contributed by atoms with Gasteiger partial charge < -0.3 is 10.6 Å². The van der Waals surface area contributed by atoms with Crippen LogP contribution in [0.3, 0.4) is 0 Å². The lowest BCUT2D eigenvalue weighted by Crippen LogP contribution is -2.43. The monoisotopic (exact) mass is 276 g/mol. The highest BCUT2D eigenvalue weighted by Gasteiger charge is 2.21. The van der Waals surface area contributed by atoms with Gasteiger partial charge in [-0.3, -0.25) is 0 Å². The summed E-state index contributed by atoms with van der Waals surface area (Å²) in [4.78, 5) is 0. The molecule has 2 unspecified atom stereocenters. The summed E-state index contributed by atoms with van der Waals surface area (Å²) in [6.45, 7) is 6.54. The smallest absolute Gasteiger partial charge is 0.171 e. The summed E-state index contributed by atoms with van der Waals surface area (Å²) in [6, 6.07) is 6.91. The highest BCUT2D eigenvalue weighted by Crippen LogP contribution is 2.24. The van der Waals surface area contributed by atoms with Gasteiger partial charge in [-0.25, -0.2) is 0 Å². The minimum atomic E-state index is 0.527. The van der Waals surface area contributed by atoms with E-state index in [0.29, 0.717) is 12.0 Å². The molecule has 2 atom stereocenters. The van der Waals surface area contributed by atoms with E-state index >= 15 is 0 Å². The Kier molecular flexibility index (Phi) is 4.81. The van der Waals surface area contributed by atoms with Crippen molar-refractivity contribution in [2.45, 2.75) is 52.5 Å². The van der Waals surface area contributed by atoms with Crippen molar-refractivity contribution in [3.05, 3.63) is 29.3 Å². The van der Waals surface area contributed by atoms with Crippen LogP contribution in [0.1, 0.15) is 43.7 Å². The van der Waals surface area contributed by atoms with Crippen LogP contribution in [0.5, 0.6) is 0 Å². The van der Waals surface area contributed by atoms with Crippen LogP contribution in [-0.2, 0) is 0 Å². The quantitative estimate of drug-likeness (QED) is 0.793. The van der Waals surface area contributed by atoms with Crippen molar-refractivity contribution >= 4 is 23.0 Å². The molecular formula is C16H24N2S. The Morgan fingerprint density at radius 2 is 1.95 bits per heavy atom. The SMILES string of the molecule is Cc1ccc(NC(=S)NC2CCCCC2C)c(C)c1. The molecule has 19 heavy (non-hydrogen) atoms. The van der Waals surface area contributed by atoms with E-state index in [1.807, 2.05) is 0 Å². The second-order valence-corrected chi connectivity index (χ2v) is 6.19. The Morgan fingerprint density at radius 1 is 1.21 bits per heavy atom. The van der Waals surface area contributed by atoms with E-state index in [4.69, 9.17) is 12.2 Å². The molecule has 104 valence electrons. The van der Waals surface area contributed by atoms with E-state index in [1.54, 1.807) is 0 Å². The Bertz CT molecular complexity index is 456. The number of benzene rings is 1. The molecule has 2 nitrogen and oxygen atoms in total. The van der Waals surface area contributed by atoms with Gasteiger partial charge in [0.1, 0.15) is 0 Å². The van der Waals surface area contributed by atoms with Gasteiger partial charge in [-0.1, -0.05) is 37.5 Å². The Hall–Kier alpha value is -1.09. The third-order valence-corrected chi connectivity index (χ3v) is 4.28. The highest BCUT2D eigenvalue weighted by atomic mass is 32.1. The molecule has 0 amide bonds. The average molecular weight is 276 g/mol. The van der Waals surface area contributed by atoms with Crippen molar-refractivity contribution in [3.63, 3.8) is 0 Å². The lowest BCUT2D eigenvalue weighted by molar-refractivity contribution is 0.309. The molecule has 0 bridgehead atoms. The summed E-state index contributed by atoms with van der Waals surface area (Å²) in [5.41, 5.74) is 3.62. The number of rotatable bonds is 2. The molecule has 0 aliphatic heterocycles. The summed E-state index contributed by atoms with van der Waals surface area (Å²) in [5, 5.41) is 7.56. The highest BCUT2D eigenvalue weighted by molar-refractivity contribution is 7.80. The maximum Gasteiger partial charge on any atom is 0.171 e. The van der Waals surface area contributed by atoms with E-state index in [9.17, 15) is 0 Å². The molecule has 0 radical (unpaired) electrons. The van der Waals surface area contributed by atoms with Crippen molar-refractivity contribution in [1.29, 1.82) is 0 Å². The van der Waals surface area contributed by atoms with Crippen LogP contribution in [0.15, 0.2) is 18.2 Å². The molecule has 0 aromatic heterocycles. The Balaban J connectivity index is 1.93. The molecule has 2 rings (SSSR count). The lowest BCUT2D eigenvalue weighted by Gasteiger charge is -2.30. The van der Waals surface area contributed by atoms with Gasteiger partial charge in [0.05, 0.1) is 0 Å². The average Bonchev–Trinajstić information content (AvgIpc) is 2.36. The molecule has 3 heteroatoms. The fourth-order valence-electron chi connectivity index (χ4n) is 2.81. The van der Waals surface area contributed by atoms with E-state index in [1.165, 1.54) is 36.8 Å². The van der Waals surface area contributed by atoms with Gasteiger partial charge in [-0.15, -0.1) is 0 Å². The molecule has 1 fully saturated rings. The van der Waals surface area contributed by atoms with Crippen LogP contribution in [0.25, 0.3) is 0 Å². The van der Waals surface area contributed by atoms with Gasteiger partial charge in [0, 0.05) is 11.7 Å².